The van der Waals surface area contributed by atoms with Gasteiger partial charge < -0.3 is 9.73 Å². The smallest absolute Gasteiger partial charge is 0.247 e. The lowest BCUT2D eigenvalue weighted by Crippen LogP contribution is -2.37. The van der Waals surface area contributed by atoms with Gasteiger partial charge in [0.25, 0.3) is 0 Å². The maximum Gasteiger partial charge on any atom is 0.247 e. The van der Waals surface area contributed by atoms with E-state index in [1.165, 1.54) is 12.1 Å². The Labute approximate surface area is 156 Å². The van der Waals surface area contributed by atoms with Crippen molar-refractivity contribution in [2.75, 3.05) is 0 Å². The van der Waals surface area contributed by atoms with Gasteiger partial charge in [0.05, 0.1) is 12.0 Å². The van der Waals surface area contributed by atoms with E-state index in [9.17, 15) is 9.18 Å². The average Bonchev–Trinajstić information content (AvgIpc) is 3.03. The van der Waals surface area contributed by atoms with E-state index in [-0.39, 0.29) is 23.7 Å². The number of hydrogen-bond donors (Lipinski definition) is 1. The predicted molar refractivity (Wildman–Crippen MR) is 98.1 cm³/mol. The van der Waals surface area contributed by atoms with Crippen molar-refractivity contribution in [2.45, 2.75) is 32.2 Å². The van der Waals surface area contributed by atoms with Crippen LogP contribution in [0.2, 0.25) is 0 Å². The third kappa shape index (κ3) is 3.01. The molecule has 0 aliphatic heterocycles. The maximum atomic E-state index is 13.3. The molecule has 138 valence electrons. The zero-order chi connectivity index (χ0) is 19.1. The molecule has 3 aromatic rings. The molecule has 1 fully saturated rings. The number of nitrogens with zero attached hydrogens (tertiary/aromatic N) is 2. The van der Waals surface area contributed by atoms with Gasteiger partial charge in [0.1, 0.15) is 5.82 Å². The first-order valence-corrected chi connectivity index (χ1v) is 8.84. The van der Waals surface area contributed by atoms with Crippen molar-refractivity contribution < 1.29 is 13.6 Å². The second-order valence-corrected chi connectivity index (χ2v) is 7.52. The fourth-order valence-electron chi connectivity index (χ4n) is 3.69. The SMILES string of the molecule is CC1(C)C[C@]1(C(=O)NCc1nnc(-c2ccccc2)o1)c1ccc(F)cc1. The summed E-state index contributed by atoms with van der Waals surface area (Å²) in [6.07, 6.45) is 0.705. The molecule has 0 spiro atoms. The third-order valence-electron chi connectivity index (χ3n) is 5.35. The number of hydrogen-bond acceptors (Lipinski definition) is 4. The van der Waals surface area contributed by atoms with E-state index < -0.39 is 5.41 Å². The molecule has 1 heterocycles. The first-order chi connectivity index (χ1) is 12.9. The van der Waals surface area contributed by atoms with Crippen LogP contribution in [0.25, 0.3) is 11.5 Å². The summed E-state index contributed by atoms with van der Waals surface area (Å²) in [5, 5.41) is 10.9. The van der Waals surface area contributed by atoms with E-state index in [4.69, 9.17) is 4.42 Å². The van der Waals surface area contributed by atoms with Crippen LogP contribution in [0.4, 0.5) is 4.39 Å². The van der Waals surface area contributed by atoms with Crippen LogP contribution < -0.4 is 5.32 Å². The van der Waals surface area contributed by atoms with Crippen molar-refractivity contribution in [3.8, 4) is 11.5 Å². The maximum absolute atomic E-state index is 13.3. The van der Waals surface area contributed by atoms with Gasteiger partial charge in [-0.3, -0.25) is 4.79 Å². The second kappa shape index (κ2) is 6.30. The van der Waals surface area contributed by atoms with Gasteiger partial charge in [-0.05, 0) is 41.7 Å². The molecule has 0 unspecified atom stereocenters. The highest BCUT2D eigenvalue weighted by atomic mass is 19.1. The largest absolute Gasteiger partial charge is 0.419 e. The highest BCUT2D eigenvalue weighted by Crippen LogP contribution is 2.64. The normalized spacial score (nSPS) is 20.3. The Bertz CT molecular complexity index is 967. The Kier molecular flexibility index (Phi) is 4.06. The first kappa shape index (κ1) is 17.4. The van der Waals surface area contributed by atoms with Crippen molar-refractivity contribution in [3.05, 3.63) is 71.9 Å². The predicted octanol–water partition coefficient (Wildman–Crippen LogP) is 3.86. The Balaban J connectivity index is 1.49. The fourth-order valence-corrected chi connectivity index (χ4v) is 3.69. The van der Waals surface area contributed by atoms with E-state index in [2.05, 4.69) is 15.5 Å². The molecular weight excluding hydrogens is 345 g/mol. The highest BCUT2D eigenvalue weighted by molar-refractivity contribution is 5.93. The highest BCUT2D eigenvalue weighted by Gasteiger charge is 2.67. The first-order valence-electron chi connectivity index (χ1n) is 8.84. The molecule has 0 radical (unpaired) electrons. The molecule has 0 bridgehead atoms. The third-order valence-corrected chi connectivity index (χ3v) is 5.35. The lowest BCUT2D eigenvalue weighted by molar-refractivity contribution is -0.124. The summed E-state index contributed by atoms with van der Waals surface area (Å²) in [6.45, 7) is 4.23. The molecule has 1 saturated carbocycles. The summed E-state index contributed by atoms with van der Waals surface area (Å²) in [6, 6.07) is 15.6. The lowest BCUT2D eigenvalue weighted by atomic mass is 9.87. The number of amides is 1. The minimum Gasteiger partial charge on any atom is -0.419 e. The van der Waals surface area contributed by atoms with Gasteiger partial charge in [-0.1, -0.05) is 44.2 Å². The Morgan fingerprint density at radius 1 is 1.11 bits per heavy atom. The summed E-state index contributed by atoms with van der Waals surface area (Å²) in [5.74, 6) is 0.334. The number of carbonyl (C=O) groups is 1. The Morgan fingerprint density at radius 2 is 1.78 bits per heavy atom. The quantitative estimate of drug-likeness (QED) is 0.745. The number of carbonyl (C=O) groups excluding carboxylic acids is 1. The molecule has 1 aromatic heterocycles. The molecule has 1 amide bonds. The molecule has 2 aromatic carbocycles. The van der Waals surface area contributed by atoms with Crippen LogP contribution in [0.15, 0.2) is 59.0 Å². The number of nitrogens with one attached hydrogen (secondary N) is 1. The molecule has 1 aliphatic carbocycles. The molecule has 6 heteroatoms. The van der Waals surface area contributed by atoms with Crippen LogP contribution in [0, 0.1) is 11.2 Å². The monoisotopic (exact) mass is 365 g/mol. The van der Waals surface area contributed by atoms with Crippen LogP contribution >= 0.6 is 0 Å². The van der Waals surface area contributed by atoms with E-state index in [0.717, 1.165) is 11.1 Å². The van der Waals surface area contributed by atoms with Crippen molar-refractivity contribution >= 4 is 5.91 Å². The lowest BCUT2D eigenvalue weighted by Gasteiger charge is -2.20. The summed E-state index contributed by atoms with van der Waals surface area (Å²) < 4.78 is 18.9. The van der Waals surface area contributed by atoms with Crippen molar-refractivity contribution in [1.82, 2.24) is 15.5 Å². The minimum absolute atomic E-state index is 0.112. The number of benzene rings is 2. The number of rotatable bonds is 5. The Hall–Kier alpha value is -3.02. The zero-order valence-corrected chi connectivity index (χ0v) is 15.2. The summed E-state index contributed by atoms with van der Waals surface area (Å²) in [5.41, 5.74) is 0.790. The van der Waals surface area contributed by atoms with E-state index >= 15 is 0 Å². The van der Waals surface area contributed by atoms with Crippen molar-refractivity contribution in [1.29, 1.82) is 0 Å². The van der Waals surface area contributed by atoms with E-state index in [1.54, 1.807) is 12.1 Å². The summed E-state index contributed by atoms with van der Waals surface area (Å²) >= 11 is 0. The topological polar surface area (TPSA) is 68.0 Å². The van der Waals surface area contributed by atoms with Crippen molar-refractivity contribution in [3.63, 3.8) is 0 Å². The number of aromatic nitrogens is 2. The minimum atomic E-state index is -0.664. The molecule has 5 nitrogen and oxygen atoms in total. The molecule has 1 aliphatic rings. The van der Waals surface area contributed by atoms with Crippen LogP contribution in [-0.4, -0.2) is 16.1 Å². The van der Waals surface area contributed by atoms with E-state index in [1.807, 2.05) is 44.2 Å². The number of halogens is 1. The van der Waals surface area contributed by atoms with Crippen molar-refractivity contribution in [2.24, 2.45) is 5.41 Å². The van der Waals surface area contributed by atoms with Gasteiger partial charge in [-0.25, -0.2) is 4.39 Å². The molecule has 0 saturated heterocycles. The molecule has 4 rings (SSSR count). The average molecular weight is 365 g/mol. The summed E-state index contributed by atoms with van der Waals surface area (Å²) in [7, 11) is 0. The van der Waals surface area contributed by atoms with Crippen LogP contribution in [-0.2, 0) is 16.8 Å². The van der Waals surface area contributed by atoms with Gasteiger partial charge in [0, 0.05) is 5.56 Å². The Morgan fingerprint density at radius 3 is 2.41 bits per heavy atom. The van der Waals surface area contributed by atoms with Crippen LogP contribution in [0.3, 0.4) is 0 Å². The van der Waals surface area contributed by atoms with Crippen LogP contribution in [0.1, 0.15) is 31.7 Å². The molecular formula is C21H20FN3O2. The molecule has 27 heavy (non-hydrogen) atoms. The van der Waals surface area contributed by atoms with Gasteiger partial charge in [-0.2, -0.15) is 0 Å². The zero-order valence-electron chi connectivity index (χ0n) is 15.2. The molecule has 1 N–H and O–H groups in total. The second-order valence-electron chi connectivity index (χ2n) is 7.52. The standard InChI is InChI=1S/C21H20FN3O2/c1-20(2)13-21(20,15-8-10-16(22)11-9-15)19(26)23-12-17-24-25-18(27-17)14-6-4-3-5-7-14/h3-11H,12-13H2,1-2H3,(H,23,26)/t21-/m1/s1. The summed E-state index contributed by atoms with van der Waals surface area (Å²) in [4.78, 5) is 13.0. The van der Waals surface area contributed by atoms with Gasteiger partial charge >= 0.3 is 0 Å². The van der Waals surface area contributed by atoms with Gasteiger partial charge in [-0.15, -0.1) is 10.2 Å². The fraction of sp³-hybridized carbons (Fsp3) is 0.286. The van der Waals surface area contributed by atoms with Gasteiger partial charge in [0.15, 0.2) is 0 Å². The van der Waals surface area contributed by atoms with Crippen LogP contribution in [0.5, 0.6) is 0 Å². The van der Waals surface area contributed by atoms with Gasteiger partial charge in [0.2, 0.25) is 17.7 Å². The van der Waals surface area contributed by atoms with E-state index in [0.29, 0.717) is 18.2 Å². The molecule has 1 atom stereocenters.